The first-order valence-electron chi connectivity index (χ1n) is 6.12. The summed E-state index contributed by atoms with van der Waals surface area (Å²) in [5, 5.41) is 8.86. The number of ether oxygens (including phenoxy) is 2. The Hall–Kier alpha value is -1.30. The Kier molecular flexibility index (Phi) is 4.95. The fourth-order valence-electron chi connectivity index (χ4n) is 1.72. The highest BCUT2D eigenvalue weighted by Gasteiger charge is 2.31. The van der Waals surface area contributed by atoms with E-state index in [4.69, 9.17) is 14.6 Å². The first kappa shape index (κ1) is 14.8. The first-order chi connectivity index (χ1) is 8.29. The molecular formula is C12H21NO5. The number of carboxylic acid groups (broad SMARTS) is 1. The maximum absolute atomic E-state index is 12.0. The van der Waals surface area contributed by atoms with Crippen LogP contribution in [0.1, 0.15) is 40.0 Å². The van der Waals surface area contributed by atoms with Gasteiger partial charge in [-0.3, -0.25) is 9.69 Å². The summed E-state index contributed by atoms with van der Waals surface area (Å²) in [5.74, 6) is -1.07. The van der Waals surface area contributed by atoms with Gasteiger partial charge >= 0.3 is 12.1 Å². The minimum Gasteiger partial charge on any atom is -0.480 e. The zero-order valence-electron chi connectivity index (χ0n) is 11.1. The van der Waals surface area contributed by atoms with Crippen LogP contribution in [0.25, 0.3) is 0 Å². The van der Waals surface area contributed by atoms with Crippen molar-refractivity contribution in [1.29, 1.82) is 0 Å². The molecule has 1 heterocycles. The maximum atomic E-state index is 12.0. The van der Waals surface area contributed by atoms with Crippen LogP contribution in [0.3, 0.4) is 0 Å². The molecule has 1 saturated heterocycles. The Morgan fingerprint density at radius 1 is 1.39 bits per heavy atom. The Bertz CT molecular complexity index is 304. The van der Waals surface area contributed by atoms with E-state index < -0.39 is 30.4 Å². The zero-order chi connectivity index (χ0) is 13.8. The van der Waals surface area contributed by atoms with Crippen molar-refractivity contribution in [3.8, 4) is 0 Å². The van der Waals surface area contributed by atoms with E-state index in [1.54, 1.807) is 20.8 Å². The third-order valence-corrected chi connectivity index (χ3v) is 2.44. The third kappa shape index (κ3) is 4.91. The lowest BCUT2D eigenvalue weighted by molar-refractivity contribution is -0.144. The lowest BCUT2D eigenvalue weighted by Crippen LogP contribution is -2.48. The number of carboxylic acids is 1. The molecule has 1 fully saturated rings. The van der Waals surface area contributed by atoms with Crippen LogP contribution >= 0.6 is 0 Å². The largest absolute Gasteiger partial charge is 0.480 e. The molecule has 6 nitrogen and oxygen atoms in total. The van der Waals surface area contributed by atoms with Gasteiger partial charge in [0.1, 0.15) is 18.4 Å². The molecule has 1 aliphatic rings. The standard InChI is InChI=1S/C12H21NO5/c1-12(2,3)18-11(16)13(8-10(14)15)9-6-4-5-7-17-9/h9H,4-8H2,1-3H3,(H,14,15)/t9-/m1/s1. The molecule has 1 rings (SSSR count). The van der Waals surface area contributed by atoms with E-state index in [0.717, 1.165) is 17.7 Å². The van der Waals surface area contributed by atoms with Crippen molar-refractivity contribution in [1.82, 2.24) is 4.90 Å². The highest BCUT2D eigenvalue weighted by molar-refractivity contribution is 5.77. The van der Waals surface area contributed by atoms with Crippen molar-refractivity contribution in [3.05, 3.63) is 0 Å². The Morgan fingerprint density at radius 2 is 2.06 bits per heavy atom. The highest BCUT2D eigenvalue weighted by Crippen LogP contribution is 2.19. The number of carbonyl (C=O) groups excluding carboxylic acids is 1. The number of hydrogen-bond donors (Lipinski definition) is 1. The SMILES string of the molecule is CC(C)(C)OC(=O)N(CC(=O)O)[C@H]1CCCCO1. The van der Waals surface area contributed by atoms with Gasteiger partial charge in [0, 0.05) is 6.61 Å². The van der Waals surface area contributed by atoms with Gasteiger partial charge < -0.3 is 14.6 Å². The summed E-state index contributed by atoms with van der Waals surface area (Å²) >= 11 is 0. The molecule has 1 N–H and O–H groups in total. The van der Waals surface area contributed by atoms with Gasteiger partial charge in [-0.15, -0.1) is 0 Å². The summed E-state index contributed by atoms with van der Waals surface area (Å²) in [6.45, 7) is 5.37. The monoisotopic (exact) mass is 259 g/mol. The quantitative estimate of drug-likeness (QED) is 0.836. The van der Waals surface area contributed by atoms with Gasteiger partial charge in [-0.25, -0.2) is 4.79 Å². The van der Waals surface area contributed by atoms with Crippen molar-refractivity contribution in [3.63, 3.8) is 0 Å². The molecule has 18 heavy (non-hydrogen) atoms. The molecule has 0 spiro atoms. The predicted octanol–water partition coefficient (Wildman–Crippen LogP) is 1.83. The number of hydrogen-bond acceptors (Lipinski definition) is 4. The fraction of sp³-hybridized carbons (Fsp3) is 0.833. The summed E-state index contributed by atoms with van der Waals surface area (Å²) in [7, 11) is 0. The zero-order valence-corrected chi connectivity index (χ0v) is 11.1. The van der Waals surface area contributed by atoms with Crippen LogP contribution in [0.4, 0.5) is 4.79 Å². The minimum absolute atomic E-state index is 0.403. The predicted molar refractivity (Wildman–Crippen MR) is 64.2 cm³/mol. The third-order valence-electron chi connectivity index (χ3n) is 2.44. The second-order valence-electron chi connectivity index (χ2n) is 5.32. The van der Waals surface area contributed by atoms with E-state index in [-0.39, 0.29) is 0 Å². The van der Waals surface area contributed by atoms with Crippen LogP contribution < -0.4 is 0 Å². The van der Waals surface area contributed by atoms with Gasteiger partial charge in [0.15, 0.2) is 0 Å². The van der Waals surface area contributed by atoms with Crippen LogP contribution in [0.2, 0.25) is 0 Å². The van der Waals surface area contributed by atoms with Crippen molar-refractivity contribution < 1.29 is 24.2 Å². The molecule has 1 aliphatic heterocycles. The van der Waals surface area contributed by atoms with Crippen LogP contribution in [0, 0.1) is 0 Å². The van der Waals surface area contributed by atoms with Crippen LogP contribution in [-0.2, 0) is 14.3 Å². The number of aliphatic carboxylic acids is 1. The fourth-order valence-corrected chi connectivity index (χ4v) is 1.72. The van der Waals surface area contributed by atoms with E-state index in [9.17, 15) is 9.59 Å². The van der Waals surface area contributed by atoms with Crippen LogP contribution in [0.5, 0.6) is 0 Å². The van der Waals surface area contributed by atoms with Crippen LogP contribution in [0.15, 0.2) is 0 Å². The number of rotatable bonds is 3. The van der Waals surface area contributed by atoms with Gasteiger partial charge in [0.25, 0.3) is 0 Å². The topological polar surface area (TPSA) is 76.1 Å². The van der Waals surface area contributed by atoms with E-state index in [1.807, 2.05) is 0 Å². The van der Waals surface area contributed by atoms with Crippen LogP contribution in [-0.4, -0.2) is 47.0 Å². The number of nitrogens with zero attached hydrogens (tertiary/aromatic N) is 1. The van der Waals surface area contributed by atoms with Crippen molar-refractivity contribution in [2.75, 3.05) is 13.2 Å². The number of amides is 1. The van der Waals surface area contributed by atoms with E-state index >= 15 is 0 Å². The lowest BCUT2D eigenvalue weighted by atomic mass is 10.1. The molecule has 6 heteroatoms. The summed E-state index contributed by atoms with van der Waals surface area (Å²) in [6.07, 6.45) is 1.36. The van der Waals surface area contributed by atoms with E-state index in [0.29, 0.717) is 13.0 Å². The van der Waals surface area contributed by atoms with Crippen molar-refractivity contribution in [2.24, 2.45) is 0 Å². The minimum atomic E-state index is -1.07. The molecule has 0 aromatic carbocycles. The molecule has 1 amide bonds. The molecule has 0 aromatic heterocycles. The van der Waals surface area contributed by atoms with Crippen molar-refractivity contribution >= 4 is 12.1 Å². The molecule has 0 radical (unpaired) electrons. The first-order valence-corrected chi connectivity index (χ1v) is 6.12. The van der Waals surface area contributed by atoms with Gasteiger partial charge in [-0.1, -0.05) is 0 Å². The Balaban J connectivity index is 2.70. The molecular weight excluding hydrogens is 238 g/mol. The normalized spacial score (nSPS) is 20.3. The Labute approximate surface area is 107 Å². The van der Waals surface area contributed by atoms with E-state index in [2.05, 4.69) is 0 Å². The second-order valence-corrected chi connectivity index (χ2v) is 5.32. The Morgan fingerprint density at radius 3 is 2.50 bits per heavy atom. The van der Waals surface area contributed by atoms with Gasteiger partial charge in [0.2, 0.25) is 0 Å². The lowest BCUT2D eigenvalue weighted by Gasteiger charge is -2.34. The molecule has 1 atom stereocenters. The molecule has 0 aliphatic carbocycles. The molecule has 104 valence electrons. The number of carbonyl (C=O) groups is 2. The summed E-state index contributed by atoms with van der Waals surface area (Å²) < 4.78 is 10.6. The summed E-state index contributed by atoms with van der Waals surface area (Å²) in [4.78, 5) is 23.9. The maximum Gasteiger partial charge on any atom is 0.412 e. The molecule has 0 aromatic rings. The molecule has 0 unspecified atom stereocenters. The van der Waals surface area contributed by atoms with Gasteiger partial charge in [-0.2, -0.15) is 0 Å². The average molecular weight is 259 g/mol. The molecule has 0 saturated carbocycles. The average Bonchev–Trinajstić information content (AvgIpc) is 2.24. The smallest absolute Gasteiger partial charge is 0.412 e. The van der Waals surface area contributed by atoms with Gasteiger partial charge in [-0.05, 0) is 40.0 Å². The summed E-state index contributed by atoms with van der Waals surface area (Å²) in [5.41, 5.74) is -0.650. The summed E-state index contributed by atoms with van der Waals surface area (Å²) in [6, 6.07) is 0. The highest BCUT2D eigenvalue weighted by atomic mass is 16.6. The molecule has 0 bridgehead atoms. The second kappa shape index (κ2) is 6.04. The van der Waals surface area contributed by atoms with Gasteiger partial charge in [0.05, 0.1) is 0 Å². The van der Waals surface area contributed by atoms with Crippen molar-refractivity contribution in [2.45, 2.75) is 51.9 Å². The van der Waals surface area contributed by atoms with E-state index in [1.165, 1.54) is 0 Å².